The van der Waals surface area contributed by atoms with Gasteiger partial charge in [-0.1, -0.05) is 42.0 Å². The largest absolute Gasteiger partial charge is 0.358 e. The number of nitrogens with zero attached hydrogens (tertiary/aromatic N) is 1. The van der Waals surface area contributed by atoms with Crippen molar-refractivity contribution >= 4 is 59.1 Å². The average molecular weight is 592 g/mol. The first kappa shape index (κ1) is 25.4. The van der Waals surface area contributed by atoms with Crippen LogP contribution >= 0.6 is 31.9 Å². The molecule has 5 nitrogen and oxygen atoms in total. The van der Waals surface area contributed by atoms with E-state index in [-0.39, 0.29) is 4.90 Å². The molecule has 172 valence electrons. The summed E-state index contributed by atoms with van der Waals surface area (Å²) in [7, 11) is -4.02. The number of hydrogen-bond acceptors (Lipinski definition) is 4. The molecule has 0 atom stereocenters. The molecule has 4 rings (SSSR count). The Balaban J connectivity index is 0.000000235. The fourth-order valence-electron chi connectivity index (χ4n) is 3.21. The molecular weight excluding hydrogens is 568 g/mol. The zero-order valence-electron chi connectivity index (χ0n) is 18.2. The predicted molar refractivity (Wildman–Crippen MR) is 142 cm³/mol. The van der Waals surface area contributed by atoms with Crippen molar-refractivity contribution < 1.29 is 13.0 Å². The number of para-hydroxylation sites is 2. The molecule has 1 aliphatic rings. The molecule has 3 aromatic carbocycles. The Morgan fingerprint density at radius 3 is 2.06 bits per heavy atom. The summed E-state index contributed by atoms with van der Waals surface area (Å²) in [5.41, 5.74) is 6.68. The molecule has 0 spiro atoms. The highest BCUT2D eigenvalue weighted by Crippen LogP contribution is 2.32. The van der Waals surface area contributed by atoms with Crippen LogP contribution in [0, 0.1) is 6.92 Å². The molecule has 0 bridgehead atoms. The van der Waals surface area contributed by atoms with Crippen molar-refractivity contribution in [3.05, 3.63) is 98.6 Å². The van der Waals surface area contributed by atoms with Gasteiger partial charge in [0.25, 0.3) is 10.1 Å². The zero-order chi connectivity index (χ0) is 24.0. The van der Waals surface area contributed by atoms with Crippen LogP contribution in [0.3, 0.4) is 0 Å². The van der Waals surface area contributed by atoms with Gasteiger partial charge >= 0.3 is 0 Å². The minimum Gasteiger partial charge on any atom is -0.358 e. The quantitative estimate of drug-likeness (QED) is 0.305. The second-order valence-corrected chi connectivity index (χ2v) is 10.6. The van der Waals surface area contributed by atoms with Gasteiger partial charge in [0.1, 0.15) is 0 Å². The van der Waals surface area contributed by atoms with Gasteiger partial charge in [0, 0.05) is 20.4 Å². The summed E-state index contributed by atoms with van der Waals surface area (Å²) in [6, 6.07) is 22.2. The van der Waals surface area contributed by atoms with Crippen molar-refractivity contribution in [1.82, 2.24) is 0 Å². The lowest BCUT2D eigenvalue weighted by Crippen LogP contribution is -2.00. The van der Waals surface area contributed by atoms with Crippen molar-refractivity contribution in [3.8, 4) is 0 Å². The molecule has 8 heteroatoms. The number of halogens is 2. The summed E-state index contributed by atoms with van der Waals surface area (Å²) in [5, 5.41) is 3.53. The Morgan fingerprint density at radius 1 is 0.848 bits per heavy atom. The molecule has 1 aliphatic carbocycles. The summed E-state index contributed by atoms with van der Waals surface area (Å²) < 4.78 is 31.7. The maximum Gasteiger partial charge on any atom is 0.294 e. The second kappa shape index (κ2) is 11.2. The Hall–Kier alpha value is -2.26. The van der Waals surface area contributed by atoms with Crippen LogP contribution in [-0.4, -0.2) is 18.7 Å². The van der Waals surface area contributed by atoms with Crippen LogP contribution in [0.5, 0.6) is 0 Å². The minimum atomic E-state index is -4.02. The zero-order valence-corrected chi connectivity index (χ0v) is 22.2. The first-order valence-electron chi connectivity index (χ1n) is 10.2. The van der Waals surface area contributed by atoms with E-state index in [0.29, 0.717) is 0 Å². The molecule has 0 saturated carbocycles. The van der Waals surface area contributed by atoms with Crippen molar-refractivity contribution in [2.24, 2.45) is 4.99 Å². The van der Waals surface area contributed by atoms with Crippen LogP contribution in [0.15, 0.2) is 103 Å². The number of rotatable bonds is 4. The first-order chi connectivity index (χ1) is 15.6. The molecule has 0 fully saturated rings. The molecule has 3 aromatic rings. The summed E-state index contributed by atoms with van der Waals surface area (Å²) in [6.07, 6.45) is 1.97. The van der Waals surface area contributed by atoms with E-state index >= 15 is 0 Å². The molecular formula is C25H24Br2N2O3S. The first-order valence-corrected chi connectivity index (χ1v) is 13.3. The number of aryl methyl sites for hydroxylation is 1. The maximum atomic E-state index is 10.5. The van der Waals surface area contributed by atoms with E-state index < -0.39 is 10.1 Å². The highest BCUT2D eigenvalue weighted by molar-refractivity contribution is 9.11. The summed E-state index contributed by atoms with van der Waals surface area (Å²) in [5.74, 6) is 0. The fraction of sp³-hybridized carbons (Fsp3) is 0.160. The lowest BCUT2D eigenvalue weighted by Gasteiger charge is -2.10. The van der Waals surface area contributed by atoms with E-state index in [4.69, 9.17) is 9.55 Å². The predicted octanol–water partition coefficient (Wildman–Crippen LogP) is 7.71. The standard InChI is InChI=1S/C18H16Br2N2.C7H8O3S/c1-12-15(21-17-8-4-2-6-13(17)19)10-11-16(12)22-18-9-5-3-7-14(18)20;1-6-2-4-7(5-3-6)11(8,9)10/h2-9,21H,10-11H2,1H3;2-5H,1H3,(H,8,9,10)/b22-16+;. The summed E-state index contributed by atoms with van der Waals surface area (Å²) in [4.78, 5) is 4.75. The van der Waals surface area contributed by atoms with Gasteiger partial charge in [0.05, 0.1) is 16.3 Å². The third kappa shape index (κ3) is 7.11. The van der Waals surface area contributed by atoms with Gasteiger partial charge in [-0.15, -0.1) is 0 Å². The highest BCUT2D eigenvalue weighted by Gasteiger charge is 2.18. The lowest BCUT2D eigenvalue weighted by atomic mass is 10.2. The van der Waals surface area contributed by atoms with Gasteiger partial charge in [-0.05, 0) is 101 Å². The molecule has 0 heterocycles. The van der Waals surface area contributed by atoms with Crippen molar-refractivity contribution in [2.75, 3.05) is 5.32 Å². The molecule has 0 amide bonds. The molecule has 0 unspecified atom stereocenters. The molecule has 0 aromatic heterocycles. The summed E-state index contributed by atoms with van der Waals surface area (Å²) >= 11 is 7.14. The lowest BCUT2D eigenvalue weighted by molar-refractivity contribution is 0.483. The highest BCUT2D eigenvalue weighted by atomic mass is 79.9. The Bertz CT molecular complexity index is 1300. The normalized spacial score (nSPS) is 14.8. The van der Waals surface area contributed by atoms with Crippen LogP contribution in [0.25, 0.3) is 0 Å². The number of nitrogens with one attached hydrogen (secondary N) is 1. The van der Waals surface area contributed by atoms with E-state index in [1.165, 1.54) is 23.4 Å². The number of benzene rings is 3. The van der Waals surface area contributed by atoms with Crippen molar-refractivity contribution in [2.45, 2.75) is 31.6 Å². The van der Waals surface area contributed by atoms with Gasteiger partial charge in [-0.25, -0.2) is 0 Å². The molecule has 2 N–H and O–H groups in total. The van der Waals surface area contributed by atoms with E-state index in [2.05, 4.69) is 50.2 Å². The molecule has 0 radical (unpaired) electrons. The molecule has 0 saturated heterocycles. The maximum absolute atomic E-state index is 10.5. The Kier molecular flexibility index (Phi) is 8.64. The van der Waals surface area contributed by atoms with Gasteiger partial charge < -0.3 is 5.32 Å². The number of allylic oxidation sites excluding steroid dienone is 2. The Morgan fingerprint density at radius 2 is 1.45 bits per heavy atom. The van der Waals surface area contributed by atoms with Crippen LogP contribution in [0.1, 0.15) is 25.3 Å². The second-order valence-electron chi connectivity index (χ2n) is 7.51. The van der Waals surface area contributed by atoms with Crippen LogP contribution in [0.2, 0.25) is 0 Å². The van der Waals surface area contributed by atoms with E-state index in [9.17, 15) is 8.42 Å². The van der Waals surface area contributed by atoms with Gasteiger partial charge in [0.15, 0.2) is 0 Å². The SMILES string of the molecule is CC1=C(Nc2ccccc2Br)CC/C1=N\c1ccccc1Br.Cc1ccc(S(=O)(=O)O)cc1. The summed E-state index contributed by atoms with van der Waals surface area (Å²) in [6.45, 7) is 3.98. The van der Waals surface area contributed by atoms with E-state index in [0.717, 1.165) is 44.4 Å². The topological polar surface area (TPSA) is 78.8 Å². The average Bonchev–Trinajstić information content (AvgIpc) is 3.11. The fourth-order valence-corrected chi connectivity index (χ4v) is 4.45. The van der Waals surface area contributed by atoms with Gasteiger partial charge in [-0.3, -0.25) is 9.55 Å². The minimum absolute atomic E-state index is 0.0666. The van der Waals surface area contributed by atoms with E-state index in [1.54, 1.807) is 12.1 Å². The van der Waals surface area contributed by atoms with Crippen molar-refractivity contribution in [3.63, 3.8) is 0 Å². The molecule has 0 aliphatic heterocycles. The smallest absolute Gasteiger partial charge is 0.294 e. The van der Waals surface area contributed by atoms with E-state index in [1.807, 2.05) is 49.4 Å². The Labute approximate surface area is 211 Å². The molecule has 33 heavy (non-hydrogen) atoms. The van der Waals surface area contributed by atoms with Gasteiger partial charge in [-0.2, -0.15) is 8.42 Å². The monoisotopic (exact) mass is 590 g/mol. The number of anilines is 1. The third-order valence-electron chi connectivity index (χ3n) is 5.08. The number of aliphatic imine (C=N–C) groups is 1. The van der Waals surface area contributed by atoms with Gasteiger partial charge in [0.2, 0.25) is 0 Å². The van der Waals surface area contributed by atoms with Crippen LogP contribution in [-0.2, 0) is 10.1 Å². The number of hydrogen-bond donors (Lipinski definition) is 2. The van der Waals surface area contributed by atoms with Crippen molar-refractivity contribution in [1.29, 1.82) is 0 Å². The van der Waals surface area contributed by atoms with Crippen LogP contribution < -0.4 is 5.32 Å². The van der Waals surface area contributed by atoms with Crippen LogP contribution in [0.4, 0.5) is 11.4 Å². The third-order valence-corrected chi connectivity index (χ3v) is 7.31.